The van der Waals surface area contributed by atoms with Gasteiger partial charge in [-0.3, -0.25) is 0 Å². The number of nitriles is 1. The van der Waals surface area contributed by atoms with E-state index in [0.29, 0.717) is 11.6 Å². The van der Waals surface area contributed by atoms with Crippen LogP contribution in [0, 0.1) is 17.1 Å². The SMILES string of the molecule is CCN(CC1CCCCN1)c1ccc(F)cc1C#N. The van der Waals surface area contributed by atoms with Crippen molar-refractivity contribution >= 4 is 5.69 Å². The van der Waals surface area contributed by atoms with Gasteiger partial charge in [-0.25, -0.2) is 4.39 Å². The minimum absolute atomic E-state index is 0.354. The minimum atomic E-state index is -0.354. The third-order valence-electron chi connectivity index (χ3n) is 3.65. The molecule has 0 aromatic heterocycles. The maximum absolute atomic E-state index is 13.2. The minimum Gasteiger partial charge on any atom is -0.369 e. The van der Waals surface area contributed by atoms with E-state index in [4.69, 9.17) is 5.26 Å². The molecule has 0 aliphatic carbocycles. The number of benzene rings is 1. The van der Waals surface area contributed by atoms with Crippen molar-refractivity contribution < 1.29 is 4.39 Å². The van der Waals surface area contributed by atoms with Crippen LogP contribution < -0.4 is 10.2 Å². The predicted molar refractivity (Wildman–Crippen MR) is 74.6 cm³/mol. The molecule has 2 rings (SSSR count). The lowest BCUT2D eigenvalue weighted by Crippen LogP contribution is -2.44. The Morgan fingerprint density at radius 2 is 2.32 bits per heavy atom. The molecular weight excluding hydrogens is 241 g/mol. The molecule has 0 radical (unpaired) electrons. The van der Waals surface area contributed by atoms with Crippen LogP contribution in [0.1, 0.15) is 31.7 Å². The molecule has 1 atom stereocenters. The molecule has 19 heavy (non-hydrogen) atoms. The fourth-order valence-corrected chi connectivity index (χ4v) is 2.62. The largest absolute Gasteiger partial charge is 0.369 e. The van der Waals surface area contributed by atoms with E-state index in [0.717, 1.165) is 25.3 Å². The molecule has 1 heterocycles. The van der Waals surface area contributed by atoms with Gasteiger partial charge in [-0.15, -0.1) is 0 Å². The van der Waals surface area contributed by atoms with Gasteiger partial charge in [-0.1, -0.05) is 6.42 Å². The van der Waals surface area contributed by atoms with E-state index in [1.54, 1.807) is 6.07 Å². The summed E-state index contributed by atoms with van der Waals surface area (Å²) in [5, 5.41) is 12.6. The second kappa shape index (κ2) is 6.53. The Kier molecular flexibility index (Phi) is 4.75. The van der Waals surface area contributed by atoms with Crippen molar-refractivity contribution in [1.82, 2.24) is 5.32 Å². The number of likely N-dealkylation sites (N-methyl/N-ethyl adjacent to an activating group) is 1. The summed E-state index contributed by atoms with van der Waals surface area (Å²) in [7, 11) is 0. The van der Waals surface area contributed by atoms with E-state index in [1.165, 1.54) is 31.4 Å². The lowest BCUT2D eigenvalue weighted by molar-refractivity contribution is 0.400. The van der Waals surface area contributed by atoms with E-state index in [-0.39, 0.29) is 5.82 Å². The standard InChI is InChI=1S/C15H20FN3/c1-2-19(11-14-5-3-4-8-18-14)15-7-6-13(16)9-12(15)10-17/h6-7,9,14,18H,2-5,8,11H2,1H3. The van der Waals surface area contributed by atoms with Crippen molar-refractivity contribution in [1.29, 1.82) is 5.26 Å². The number of anilines is 1. The highest BCUT2D eigenvalue weighted by atomic mass is 19.1. The number of hydrogen-bond donors (Lipinski definition) is 1. The third kappa shape index (κ3) is 3.45. The lowest BCUT2D eigenvalue weighted by Gasteiger charge is -2.31. The zero-order valence-electron chi connectivity index (χ0n) is 11.3. The lowest BCUT2D eigenvalue weighted by atomic mass is 10.0. The first-order chi connectivity index (χ1) is 9.24. The predicted octanol–water partition coefficient (Wildman–Crippen LogP) is 2.67. The van der Waals surface area contributed by atoms with Crippen LogP contribution in [0.15, 0.2) is 18.2 Å². The van der Waals surface area contributed by atoms with Gasteiger partial charge in [0.2, 0.25) is 0 Å². The smallest absolute Gasteiger partial charge is 0.124 e. The van der Waals surface area contributed by atoms with Gasteiger partial charge in [-0.05, 0) is 44.5 Å². The Hall–Kier alpha value is -1.60. The highest BCUT2D eigenvalue weighted by Gasteiger charge is 2.18. The first-order valence-electron chi connectivity index (χ1n) is 6.92. The number of piperidine rings is 1. The van der Waals surface area contributed by atoms with Gasteiger partial charge in [0, 0.05) is 19.1 Å². The van der Waals surface area contributed by atoms with Crippen molar-refractivity contribution in [3.05, 3.63) is 29.6 Å². The summed E-state index contributed by atoms with van der Waals surface area (Å²) in [4.78, 5) is 2.15. The average molecular weight is 261 g/mol. The second-order valence-electron chi connectivity index (χ2n) is 4.96. The molecule has 0 amide bonds. The van der Waals surface area contributed by atoms with E-state index in [1.807, 2.05) is 0 Å². The number of nitrogens with zero attached hydrogens (tertiary/aromatic N) is 2. The Morgan fingerprint density at radius 1 is 1.47 bits per heavy atom. The Labute approximate surface area is 114 Å². The molecule has 1 N–H and O–H groups in total. The summed E-state index contributed by atoms with van der Waals surface area (Å²) in [6, 6.07) is 6.99. The van der Waals surface area contributed by atoms with Crippen molar-refractivity contribution in [2.75, 3.05) is 24.5 Å². The van der Waals surface area contributed by atoms with Gasteiger partial charge in [0.1, 0.15) is 11.9 Å². The summed E-state index contributed by atoms with van der Waals surface area (Å²) in [6.07, 6.45) is 3.66. The molecule has 0 saturated carbocycles. The highest BCUT2D eigenvalue weighted by molar-refractivity contribution is 5.59. The summed E-state index contributed by atoms with van der Waals surface area (Å²) in [5.41, 5.74) is 1.25. The van der Waals surface area contributed by atoms with Crippen molar-refractivity contribution in [2.24, 2.45) is 0 Å². The van der Waals surface area contributed by atoms with Crippen LogP contribution in [0.2, 0.25) is 0 Å². The summed E-state index contributed by atoms with van der Waals surface area (Å²) in [5.74, 6) is -0.354. The number of nitrogens with one attached hydrogen (secondary N) is 1. The monoisotopic (exact) mass is 261 g/mol. The normalized spacial score (nSPS) is 18.9. The summed E-state index contributed by atoms with van der Waals surface area (Å²) < 4.78 is 13.2. The molecule has 1 unspecified atom stereocenters. The summed E-state index contributed by atoms with van der Waals surface area (Å²) in [6.45, 7) is 4.82. The molecule has 4 heteroatoms. The molecule has 1 aromatic carbocycles. The highest BCUT2D eigenvalue weighted by Crippen LogP contribution is 2.22. The maximum atomic E-state index is 13.2. The van der Waals surface area contributed by atoms with Gasteiger partial charge >= 0.3 is 0 Å². The molecule has 1 aliphatic heterocycles. The van der Waals surface area contributed by atoms with E-state index < -0.39 is 0 Å². The quantitative estimate of drug-likeness (QED) is 0.905. The number of hydrogen-bond acceptors (Lipinski definition) is 3. The maximum Gasteiger partial charge on any atom is 0.124 e. The third-order valence-corrected chi connectivity index (χ3v) is 3.65. The van der Waals surface area contributed by atoms with Gasteiger partial charge in [0.05, 0.1) is 11.3 Å². The molecule has 102 valence electrons. The molecule has 1 aliphatic rings. The molecular formula is C15H20FN3. The van der Waals surface area contributed by atoms with Crippen LogP contribution in [0.5, 0.6) is 0 Å². The molecule has 0 spiro atoms. The van der Waals surface area contributed by atoms with E-state index in [9.17, 15) is 4.39 Å². The van der Waals surface area contributed by atoms with Crippen LogP contribution in [0.3, 0.4) is 0 Å². The Balaban J connectivity index is 2.14. The fourth-order valence-electron chi connectivity index (χ4n) is 2.62. The fraction of sp³-hybridized carbons (Fsp3) is 0.533. The van der Waals surface area contributed by atoms with Crippen molar-refractivity contribution in [2.45, 2.75) is 32.2 Å². The topological polar surface area (TPSA) is 39.1 Å². The summed E-state index contributed by atoms with van der Waals surface area (Å²) >= 11 is 0. The van der Waals surface area contributed by atoms with Crippen molar-refractivity contribution in [3.63, 3.8) is 0 Å². The Morgan fingerprint density at radius 3 is 2.95 bits per heavy atom. The zero-order valence-corrected chi connectivity index (χ0v) is 11.3. The average Bonchev–Trinajstić information content (AvgIpc) is 2.46. The van der Waals surface area contributed by atoms with Crippen LogP contribution in [0.4, 0.5) is 10.1 Å². The zero-order chi connectivity index (χ0) is 13.7. The second-order valence-corrected chi connectivity index (χ2v) is 4.96. The van der Waals surface area contributed by atoms with Gasteiger partial charge < -0.3 is 10.2 Å². The van der Waals surface area contributed by atoms with Crippen LogP contribution in [0.25, 0.3) is 0 Å². The molecule has 1 fully saturated rings. The van der Waals surface area contributed by atoms with Crippen LogP contribution in [-0.2, 0) is 0 Å². The molecule has 3 nitrogen and oxygen atoms in total. The van der Waals surface area contributed by atoms with E-state index >= 15 is 0 Å². The first-order valence-corrected chi connectivity index (χ1v) is 6.92. The van der Waals surface area contributed by atoms with Crippen LogP contribution in [-0.4, -0.2) is 25.7 Å². The van der Waals surface area contributed by atoms with Gasteiger partial charge in [-0.2, -0.15) is 5.26 Å². The Bertz CT molecular complexity index is 461. The molecule has 0 bridgehead atoms. The number of rotatable bonds is 4. The molecule has 1 saturated heterocycles. The first kappa shape index (κ1) is 13.8. The van der Waals surface area contributed by atoms with E-state index in [2.05, 4.69) is 23.2 Å². The van der Waals surface area contributed by atoms with Crippen molar-refractivity contribution in [3.8, 4) is 6.07 Å². The van der Waals surface area contributed by atoms with Crippen LogP contribution >= 0.6 is 0 Å². The van der Waals surface area contributed by atoms with Gasteiger partial charge in [0.15, 0.2) is 0 Å². The number of halogens is 1. The van der Waals surface area contributed by atoms with Gasteiger partial charge in [0.25, 0.3) is 0 Å². The molecule has 1 aromatic rings.